The molecule has 17 heteroatoms. The number of fused-ring (bicyclic) bond motifs is 3. The van der Waals surface area contributed by atoms with Crippen LogP contribution in [0.2, 0.25) is 0 Å². The fraction of sp³-hybridized carbons (Fsp3) is 0.491. The van der Waals surface area contributed by atoms with Gasteiger partial charge in [-0.05, 0) is 112 Å². The first kappa shape index (κ1) is 48.0. The summed E-state index contributed by atoms with van der Waals surface area (Å²) in [6.45, 7) is 13.1. The number of phenols is 1. The predicted octanol–water partition coefficient (Wildman–Crippen LogP) is 7.22. The van der Waals surface area contributed by atoms with E-state index in [1.165, 1.54) is 10.5 Å². The second kappa shape index (κ2) is 19.0. The number of carbonyl (C=O) groups is 3. The van der Waals surface area contributed by atoms with Gasteiger partial charge in [-0.3, -0.25) is 14.4 Å². The van der Waals surface area contributed by atoms with Gasteiger partial charge in [0.1, 0.15) is 17.8 Å². The van der Waals surface area contributed by atoms with E-state index < -0.39 is 23.6 Å². The molecule has 0 bridgehead atoms. The van der Waals surface area contributed by atoms with E-state index in [-0.39, 0.29) is 53.8 Å². The van der Waals surface area contributed by atoms with E-state index in [2.05, 4.69) is 53.6 Å². The van der Waals surface area contributed by atoms with Crippen LogP contribution in [0.3, 0.4) is 0 Å². The second-order valence-electron chi connectivity index (χ2n) is 22.3. The van der Waals surface area contributed by atoms with E-state index in [0.717, 1.165) is 115 Å². The van der Waals surface area contributed by atoms with Crippen LogP contribution < -0.4 is 15.5 Å². The van der Waals surface area contributed by atoms with Crippen molar-refractivity contribution in [3.8, 4) is 27.4 Å². The molecule has 2 aromatic carbocycles. The molecule has 5 aliphatic rings. The van der Waals surface area contributed by atoms with Crippen molar-refractivity contribution in [2.45, 2.75) is 129 Å². The number of likely N-dealkylation sites (tertiary alicyclic amines) is 2. The molecule has 3 amide bonds. The minimum Gasteiger partial charge on any atom is -0.507 e. The number of aryl methyl sites for hydroxylation is 1. The van der Waals surface area contributed by atoms with Gasteiger partial charge >= 0.3 is 0 Å². The lowest BCUT2D eigenvalue weighted by Crippen LogP contribution is -2.62. The Bertz CT molecular complexity index is 3000. The summed E-state index contributed by atoms with van der Waals surface area (Å²) in [5, 5.41) is 37.3. The highest BCUT2D eigenvalue weighted by Crippen LogP contribution is 2.60. The number of anilines is 1. The Morgan fingerprint density at radius 2 is 1.72 bits per heavy atom. The number of aromatic amines is 1. The SMILES string of the molecule is Cc1ncsc1-c1ccc(CNC(=O)[C@@H]2C[C@@H](O)CN2C(=O)C(NC(=O)C2CC3(C2)CC(N2CCC(c4ccnc(N5CCc6[nH]c7nnc(-c8ccccc8O)cc7c6[C@H]5C)n4)CC2)C3)C(C)(C)C)cc1. The summed E-state index contributed by atoms with van der Waals surface area (Å²) >= 11 is 1.59. The number of hydrogen-bond acceptors (Lipinski definition) is 13. The number of β-amino-alcohol motifs (C(OH)–C–C–N with tert-alkyl or cyclic N) is 1. The van der Waals surface area contributed by atoms with Crippen molar-refractivity contribution in [1.82, 2.24) is 50.6 Å². The number of para-hydroxylation sites is 1. The van der Waals surface area contributed by atoms with Crippen LogP contribution in [-0.2, 0) is 27.3 Å². The zero-order valence-electron chi connectivity index (χ0n) is 41.8. The molecule has 4 fully saturated rings. The van der Waals surface area contributed by atoms with Gasteiger partial charge in [-0.1, -0.05) is 57.2 Å². The highest BCUT2D eigenvalue weighted by atomic mass is 32.1. The zero-order chi connectivity index (χ0) is 50.1. The summed E-state index contributed by atoms with van der Waals surface area (Å²) in [6, 6.07) is 18.1. The van der Waals surface area contributed by atoms with Crippen LogP contribution in [-0.4, -0.2) is 118 Å². The van der Waals surface area contributed by atoms with E-state index in [0.29, 0.717) is 29.8 Å². The van der Waals surface area contributed by atoms with Crippen molar-refractivity contribution in [3.63, 3.8) is 0 Å². The first-order chi connectivity index (χ1) is 34.6. The maximum atomic E-state index is 14.3. The van der Waals surface area contributed by atoms with Gasteiger partial charge in [0.15, 0.2) is 5.65 Å². The third-order valence-corrected chi connectivity index (χ3v) is 17.5. The number of amides is 3. The molecule has 5 N–H and O–H groups in total. The molecule has 4 aromatic heterocycles. The van der Waals surface area contributed by atoms with Gasteiger partial charge in [-0.2, -0.15) is 0 Å². The number of hydrogen-bond donors (Lipinski definition) is 5. The maximum absolute atomic E-state index is 14.3. The molecule has 4 atom stereocenters. The van der Waals surface area contributed by atoms with Crippen LogP contribution in [0.15, 0.2) is 72.4 Å². The molecule has 1 unspecified atom stereocenters. The lowest BCUT2D eigenvalue weighted by Gasteiger charge is -2.60. The summed E-state index contributed by atoms with van der Waals surface area (Å²) in [5.74, 6) is 0.353. The lowest BCUT2D eigenvalue weighted by molar-refractivity contribution is -0.150. The summed E-state index contributed by atoms with van der Waals surface area (Å²) in [4.78, 5) is 67.2. The number of H-pyrrole nitrogens is 1. The molecule has 2 saturated carbocycles. The zero-order valence-corrected chi connectivity index (χ0v) is 42.6. The van der Waals surface area contributed by atoms with Gasteiger partial charge < -0.3 is 40.5 Å². The third kappa shape index (κ3) is 9.12. The number of rotatable bonds is 11. The molecule has 376 valence electrons. The van der Waals surface area contributed by atoms with E-state index in [1.54, 1.807) is 23.5 Å². The van der Waals surface area contributed by atoms with E-state index >= 15 is 0 Å². The predicted molar refractivity (Wildman–Crippen MR) is 276 cm³/mol. The molecular weight excluding hydrogens is 927 g/mol. The first-order valence-corrected chi connectivity index (χ1v) is 26.6. The van der Waals surface area contributed by atoms with Gasteiger partial charge in [0.05, 0.1) is 33.9 Å². The second-order valence-corrected chi connectivity index (χ2v) is 23.1. The number of phenolic OH excluding ortho intramolecular Hbond substituents is 1. The van der Waals surface area contributed by atoms with Crippen molar-refractivity contribution in [3.05, 3.63) is 101 Å². The number of carbonyl (C=O) groups excluding carboxylic acids is 3. The Morgan fingerprint density at radius 3 is 2.44 bits per heavy atom. The molecular formula is C55H65N11O5S. The highest BCUT2D eigenvalue weighted by molar-refractivity contribution is 7.13. The van der Waals surface area contributed by atoms with Crippen LogP contribution in [0, 0.1) is 23.7 Å². The summed E-state index contributed by atoms with van der Waals surface area (Å²) < 4.78 is 0. The molecule has 72 heavy (non-hydrogen) atoms. The number of piperidine rings is 1. The van der Waals surface area contributed by atoms with Crippen molar-refractivity contribution in [2.75, 3.05) is 31.1 Å². The van der Waals surface area contributed by atoms with Crippen molar-refractivity contribution in [2.24, 2.45) is 16.7 Å². The Balaban J connectivity index is 0.657. The highest BCUT2D eigenvalue weighted by Gasteiger charge is 2.57. The smallest absolute Gasteiger partial charge is 0.246 e. The minimum absolute atomic E-state index is 0.00447. The minimum atomic E-state index is -0.845. The number of aromatic hydroxyl groups is 1. The Hall–Kier alpha value is -6.30. The molecule has 2 saturated heterocycles. The van der Waals surface area contributed by atoms with E-state index in [1.807, 2.05) is 81.9 Å². The molecule has 11 rings (SSSR count). The number of aliphatic hydroxyl groups excluding tert-OH is 1. The third-order valence-electron chi connectivity index (χ3n) is 16.5. The van der Waals surface area contributed by atoms with E-state index in [4.69, 9.17) is 9.97 Å². The fourth-order valence-electron chi connectivity index (χ4n) is 12.4. The molecule has 3 aliphatic heterocycles. The van der Waals surface area contributed by atoms with E-state index in [9.17, 15) is 24.6 Å². The molecule has 7 heterocycles. The standard InChI is InChI=1S/C55H65N11O5S/c1-31-47(72-30-58-31)35-12-10-33(11-13-35)28-57-51(70)44-22-38(67)29-66(44)52(71)48(54(3,4)5)61-50(69)36-24-55(25-36)26-37(27-55)64-19-15-34(16-20-64)41-14-18-56-53(60-41)65-21-17-42-46(32(65)2)40-23-43(62-63-49(40)59-42)39-8-6-7-9-45(39)68/h6-14,18,23,30,32,34,36-38,44,48,67-68H,15-17,19-22,24-29H2,1-5H3,(H,57,70)(H,59,63)(H,61,69)/t32-,36?,37?,38-,44+,48?,55?/m1/s1. The number of nitrogens with one attached hydrogen (secondary N) is 3. The quantitative estimate of drug-likeness (QED) is 0.0873. The van der Waals surface area contributed by atoms with Crippen LogP contribution in [0.1, 0.15) is 113 Å². The van der Waals surface area contributed by atoms with Crippen LogP contribution in [0.25, 0.3) is 32.7 Å². The Labute approximate surface area is 424 Å². The Morgan fingerprint density at radius 1 is 0.958 bits per heavy atom. The summed E-state index contributed by atoms with van der Waals surface area (Å²) in [6.07, 6.45) is 7.89. The maximum Gasteiger partial charge on any atom is 0.246 e. The van der Waals surface area contributed by atoms with Gasteiger partial charge in [0.2, 0.25) is 23.7 Å². The summed E-state index contributed by atoms with van der Waals surface area (Å²) in [5.41, 5.74) is 9.78. The number of nitrogens with zero attached hydrogens (tertiary/aromatic N) is 8. The van der Waals surface area contributed by atoms with Crippen LogP contribution in [0.5, 0.6) is 5.75 Å². The topological polar surface area (TPSA) is 206 Å². The Kier molecular flexibility index (Phi) is 12.6. The molecule has 6 aromatic rings. The normalized spacial score (nSPS) is 24.9. The van der Waals surface area contributed by atoms with Crippen molar-refractivity contribution in [1.29, 1.82) is 0 Å². The first-order valence-electron chi connectivity index (χ1n) is 25.7. The van der Waals surface area contributed by atoms with Crippen molar-refractivity contribution >= 4 is 46.0 Å². The molecule has 16 nitrogen and oxygen atoms in total. The lowest BCUT2D eigenvalue weighted by atomic mass is 9.49. The van der Waals surface area contributed by atoms with Crippen LogP contribution >= 0.6 is 11.3 Å². The number of aromatic nitrogens is 6. The average Bonchev–Trinajstić information content (AvgIpc) is 4.08. The van der Waals surface area contributed by atoms with Gasteiger partial charge in [-0.25, -0.2) is 15.0 Å². The number of benzene rings is 2. The van der Waals surface area contributed by atoms with Crippen LogP contribution in [0.4, 0.5) is 5.95 Å². The molecule has 2 aliphatic carbocycles. The summed E-state index contributed by atoms with van der Waals surface area (Å²) in [7, 11) is 0. The molecule has 0 radical (unpaired) electrons. The van der Waals surface area contributed by atoms with Gasteiger partial charge in [-0.15, -0.1) is 21.5 Å². The number of thiazole rings is 1. The number of aliphatic hydroxyl groups is 1. The largest absolute Gasteiger partial charge is 0.507 e. The monoisotopic (exact) mass is 991 g/mol. The van der Waals surface area contributed by atoms with Gasteiger partial charge in [0.25, 0.3) is 0 Å². The fourth-order valence-corrected chi connectivity index (χ4v) is 13.3. The van der Waals surface area contributed by atoms with Gasteiger partial charge in [0, 0.05) is 84.5 Å². The van der Waals surface area contributed by atoms with Crippen molar-refractivity contribution < 1.29 is 24.6 Å². The molecule has 1 spiro atoms. The average molecular weight is 992 g/mol.